The van der Waals surface area contributed by atoms with E-state index in [0.29, 0.717) is 13.2 Å². The van der Waals surface area contributed by atoms with Gasteiger partial charge in [-0.2, -0.15) is 0 Å². The number of benzene rings is 2. The first-order chi connectivity index (χ1) is 21.6. The van der Waals surface area contributed by atoms with Crippen LogP contribution < -0.4 is 15.4 Å². The number of para-hydroxylation sites is 1. The summed E-state index contributed by atoms with van der Waals surface area (Å²) in [6, 6.07) is 10.2. The van der Waals surface area contributed by atoms with Crippen LogP contribution in [0.5, 0.6) is 5.75 Å². The molecule has 3 rings (SSSR count). The van der Waals surface area contributed by atoms with Crippen LogP contribution in [0.1, 0.15) is 101 Å². The summed E-state index contributed by atoms with van der Waals surface area (Å²) in [7, 11) is 0. The Hall–Kier alpha value is -2.90. The maximum Gasteiger partial charge on any atom is 0.279 e. The van der Waals surface area contributed by atoms with Crippen molar-refractivity contribution in [1.29, 1.82) is 0 Å². The van der Waals surface area contributed by atoms with Gasteiger partial charge in [-0.15, -0.1) is 0 Å². The summed E-state index contributed by atoms with van der Waals surface area (Å²) in [6.07, 6.45) is 10.2. The summed E-state index contributed by atoms with van der Waals surface area (Å²) in [5.41, 5.74) is 6.21. The number of ether oxygens (including phenoxy) is 1. The normalized spacial score (nSPS) is 15.6. The lowest BCUT2D eigenvalue weighted by Crippen LogP contribution is -2.52. The Labute approximate surface area is 273 Å². The van der Waals surface area contributed by atoms with E-state index in [1.807, 2.05) is 32.0 Å². The van der Waals surface area contributed by atoms with E-state index < -0.39 is 0 Å². The number of carbonyl (C=O) groups excluding carboxylic acids is 2. The lowest BCUT2D eigenvalue weighted by molar-refractivity contribution is -0.915. The highest BCUT2D eigenvalue weighted by Crippen LogP contribution is 2.27. The third-order valence-corrected chi connectivity index (χ3v) is 10.0. The Morgan fingerprint density at radius 1 is 0.800 bits per heavy atom. The predicted octanol–water partition coefficient (Wildman–Crippen LogP) is 7.95. The third-order valence-electron chi connectivity index (χ3n) is 10.0. The van der Waals surface area contributed by atoms with Crippen molar-refractivity contribution in [3.8, 4) is 5.75 Å². The lowest BCUT2D eigenvalue weighted by Gasteiger charge is -2.35. The van der Waals surface area contributed by atoms with Crippen molar-refractivity contribution >= 4 is 23.2 Å². The molecule has 0 bridgehead atoms. The molecule has 2 aromatic rings. The van der Waals surface area contributed by atoms with E-state index in [2.05, 4.69) is 62.3 Å². The third kappa shape index (κ3) is 10.8. The van der Waals surface area contributed by atoms with Crippen molar-refractivity contribution < 1.29 is 18.8 Å². The average Bonchev–Trinajstić information content (AvgIpc) is 3.03. The molecule has 45 heavy (non-hydrogen) atoms. The predicted molar refractivity (Wildman–Crippen MR) is 188 cm³/mol. The molecular formula is C38H61N4O3+. The van der Waals surface area contributed by atoms with Gasteiger partial charge in [0, 0.05) is 11.4 Å². The number of likely N-dealkylation sites (tertiary alicyclic amines) is 1. The van der Waals surface area contributed by atoms with Gasteiger partial charge in [-0.1, -0.05) is 50.3 Å². The van der Waals surface area contributed by atoms with E-state index in [9.17, 15) is 9.59 Å². The van der Waals surface area contributed by atoms with Gasteiger partial charge in [0.1, 0.15) is 5.75 Å². The summed E-state index contributed by atoms with van der Waals surface area (Å²) in [6.45, 7) is 20.8. The van der Waals surface area contributed by atoms with E-state index in [1.54, 1.807) is 0 Å². The highest BCUT2D eigenvalue weighted by atomic mass is 16.5. The number of carbonyl (C=O) groups is 2. The topological polar surface area (TPSA) is 70.7 Å². The summed E-state index contributed by atoms with van der Waals surface area (Å²) in [5, 5.41) is 6.41. The largest absolute Gasteiger partial charge is 0.494 e. The van der Waals surface area contributed by atoms with Crippen molar-refractivity contribution in [3.63, 3.8) is 0 Å². The molecule has 0 radical (unpaired) electrons. The number of nitrogens with one attached hydrogen (secondary N) is 2. The number of quaternary nitrogens is 1. The SMILES string of the molecule is CC[N+](CC)(CC)CC(=O)Nc1c(C)cc(OCCCCCCCCN2CCCCC2C(=O)Nc2c(C)cccc2C)cc1C. The van der Waals surface area contributed by atoms with Crippen molar-refractivity contribution in [2.75, 3.05) is 56.5 Å². The quantitative estimate of drug-likeness (QED) is 0.131. The van der Waals surface area contributed by atoms with Gasteiger partial charge < -0.3 is 19.9 Å². The first-order valence-corrected chi connectivity index (χ1v) is 17.6. The van der Waals surface area contributed by atoms with Gasteiger partial charge >= 0.3 is 0 Å². The molecule has 0 spiro atoms. The van der Waals surface area contributed by atoms with E-state index >= 15 is 0 Å². The van der Waals surface area contributed by atoms with Crippen LogP contribution in [0.15, 0.2) is 30.3 Å². The number of hydrogen-bond acceptors (Lipinski definition) is 4. The van der Waals surface area contributed by atoms with Crippen LogP contribution in [0.4, 0.5) is 11.4 Å². The minimum Gasteiger partial charge on any atom is -0.494 e. The fourth-order valence-electron chi connectivity index (χ4n) is 6.78. The molecule has 2 aromatic carbocycles. The van der Waals surface area contributed by atoms with Gasteiger partial charge in [0.05, 0.1) is 32.3 Å². The number of hydrogen-bond donors (Lipinski definition) is 2. The summed E-state index contributed by atoms with van der Waals surface area (Å²) in [5.74, 6) is 1.11. The molecule has 1 aliphatic rings. The number of aryl methyl sites for hydroxylation is 4. The lowest BCUT2D eigenvalue weighted by atomic mass is 10.00. The smallest absolute Gasteiger partial charge is 0.279 e. The number of unbranched alkanes of at least 4 members (excludes halogenated alkanes) is 5. The Balaban J connectivity index is 1.33. The molecule has 1 saturated heterocycles. The first-order valence-electron chi connectivity index (χ1n) is 17.6. The zero-order chi connectivity index (χ0) is 32.8. The van der Waals surface area contributed by atoms with Gasteiger partial charge in [0.2, 0.25) is 5.91 Å². The van der Waals surface area contributed by atoms with Crippen LogP contribution in [0.25, 0.3) is 0 Å². The number of rotatable bonds is 18. The summed E-state index contributed by atoms with van der Waals surface area (Å²) >= 11 is 0. The highest BCUT2D eigenvalue weighted by Gasteiger charge is 2.29. The van der Waals surface area contributed by atoms with E-state index in [1.165, 1.54) is 25.7 Å². The van der Waals surface area contributed by atoms with Gasteiger partial charge in [0.15, 0.2) is 6.54 Å². The number of piperidine rings is 1. The fraction of sp³-hybridized carbons (Fsp3) is 0.632. The van der Waals surface area contributed by atoms with E-state index in [0.717, 1.165) is 109 Å². The summed E-state index contributed by atoms with van der Waals surface area (Å²) in [4.78, 5) is 28.5. The maximum absolute atomic E-state index is 13.2. The van der Waals surface area contributed by atoms with Gasteiger partial charge in [0.25, 0.3) is 5.91 Å². The van der Waals surface area contributed by atoms with Crippen molar-refractivity contribution in [2.45, 2.75) is 112 Å². The molecule has 0 aromatic heterocycles. The molecule has 1 atom stereocenters. The zero-order valence-corrected chi connectivity index (χ0v) is 29.4. The molecule has 1 aliphatic heterocycles. The standard InChI is InChI=1S/C38H60N4O3/c1-8-42(9-2,10-3)28-35(43)39-37-31(6)26-33(27-32(37)7)45-25-18-14-12-11-13-16-23-41-24-17-15-22-34(41)38(44)40-36-29(4)20-19-21-30(36)5/h19-21,26-27,34H,8-18,22-25,28H2,1-7H3,(H-,39,40,43,44)/p+1. The maximum atomic E-state index is 13.2. The zero-order valence-electron chi connectivity index (χ0n) is 29.4. The van der Waals surface area contributed by atoms with Crippen LogP contribution in [-0.2, 0) is 9.59 Å². The van der Waals surface area contributed by atoms with Gasteiger partial charge in [-0.25, -0.2) is 0 Å². The Bertz CT molecular complexity index is 1190. The van der Waals surface area contributed by atoms with Gasteiger partial charge in [-0.05, 0) is 122 Å². The van der Waals surface area contributed by atoms with Crippen molar-refractivity contribution in [1.82, 2.24) is 4.90 Å². The molecule has 1 heterocycles. The molecular weight excluding hydrogens is 560 g/mol. The second-order valence-corrected chi connectivity index (χ2v) is 13.2. The molecule has 2 N–H and O–H groups in total. The van der Waals surface area contributed by atoms with Gasteiger partial charge in [-0.3, -0.25) is 14.5 Å². The second kappa shape index (κ2) is 18.3. The molecule has 1 fully saturated rings. The highest BCUT2D eigenvalue weighted by molar-refractivity contribution is 5.96. The van der Waals surface area contributed by atoms with E-state index in [-0.39, 0.29) is 17.9 Å². The number of amides is 2. The molecule has 7 nitrogen and oxygen atoms in total. The molecule has 250 valence electrons. The number of likely N-dealkylation sites (N-methyl/N-ethyl adjacent to an activating group) is 1. The van der Waals surface area contributed by atoms with Crippen molar-refractivity contribution in [2.24, 2.45) is 0 Å². The van der Waals surface area contributed by atoms with Crippen LogP contribution >= 0.6 is 0 Å². The Kier molecular flexibility index (Phi) is 14.9. The molecule has 0 saturated carbocycles. The molecule has 0 aliphatic carbocycles. The van der Waals surface area contributed by atoms with Crippen molar-refractivity contribution in [3.05, 3.63) is 52.6 Å². The first kappa shape index (κ1) is 36.6. The average molecular weight is 622 g/mol. The second-order valence-electron chi connectivity index (χ2n) is 13.2. The Morgan fingerprint density at radius 3 is 2.00 bits per heavy atom. The molecule has 7 heteroatoms. The monoisotopic (exact) mass is 621 g/mol. The van der Waals surface area contributed by atoms with Crippen LogP contribution in [0.2, 0.25) is 0 Å². The summed E-state index contributed by atoms with van der Waals surface area (Å²) < 4.78 is 6.90. The van der Waals surface area contributed by atoms with E-state index in [4.69, 9.17) is 4.74 Å². The van der Waals surface area contributed by atoms with Crippen LogP contribution in [0, 0.1) is 27.7 Å². The van der Waals surface area contributed by atoms with Crippen LogP contribution in [-0.4, -0.2) is 73.1 Å². The molecule has 1 unspecified atom stereocenters. The Morgan fingerprint density at radius 2 is 1.38 bits per heavy atom. The number of anilines is 2. The number of nitrogens with zero attached hydrogens (tertiary/aromatic N) is 2. The fourth-order valence-corrected chi connectivity index (χ4v) is 6.78. The molecule has 2 amide bonds. The van der Waals surface area contributed by atoms with Crippen LogP contribution in [0.3, 0.4) is 0 Å². The minimum atomic E-state index is -0.0191. The minimum absolute atomic E-state index is 0.0191.